The highest BCUT2D eigenvalue weighted by atomic mass is 16.5. The predicted octanol–water partition coefficient (Wildman–Crippen LogP) is 16.5. The molecule has 0 bridgehead atoms. The second-order valence-electron chi connectivity index (χ2n) is 19.2. The SMILES string of the molecule is [2H]C([2H])([2H])c1cc(-n2c3ccccc3c3ccc(Oc4cccc(N5CN(c6cc(-c7ccccc7)cc(C(C)(C)C)c6)c6ccccc65)c4)cc32)ncc1-c1cccc(C(C)(C)c2ccccc2)c1. The van der Waals surface area contributed by atoms with Crippen LogP contribution in [0.5, 0.6) is 11.5 Å². The zero-order chi connectivity index (χ0) is 48.4. The minimum absolute atomic E-state index is 0.0443. The second-order valence-corrected chi connectivity index (χ2v) is 19.2. The van der Waals surface area contributed by atoms with E-state index in [1.54, 1.807) is 12.3 Å². The Bertz CT molecular complexity index is 3570. The van der Waals surface area contributed by atoms with Crippen molar-refractivity contribution in [2.45, 2.75) is 52.3 Å². The van der Waals surface area contributed by atoms with Crippen molar-refractivity contribution in [3.63, 3.8) is 0 Å². The molecule has 67 heavy (non-hydrogen) atoms. The first kappa shape index (κ1) is 38.4. The number of aromatic nitrogens is 2. The number of benzene rings is 8. The summed E-state index contributed by atoms with van der Waals surface area (Å²) in [5.41, 5.74) is 13.4. The van der Waals surface area contributed by atoms with Crippen LogP contribution in [0.15, 0.2) is 206 Å². The summed E-state index contributed by atoms with van der Waals surface area (Å²) in [5.74, 6) is 1.86. The molecule has 8 aromatic carbocycles. The van der Waals surface area contributed by atoms with Crippen LogP contribution in [0.4, 0.5) is 22.7 Å². The summed E-state index contributed by atoms with van der Waals surface area (Å²) in [5, 5.41) is 2.04. The van der Waals surface area contributed by atoms with Gasteiger partial charge in [0.05, 0.1) is 22.4 Å². The van der Waals surface area contributed by atoms with Crippen LogP contribution in [0, 0.1) is 6.85 Å². The topological polar surface area (TPSA) is 33.5 Å². The number of para-hydroxylation sites is 3. The lowest BCUT2D eigenvalue weighted by atomic mass is 9.77. The average molecular weight is 874 g/mol. The van der Waals surface area contributed by atoms with Crippen LogP contribution in [0.25, 0.3) is 49.9 Å². The van der Waals surface area contributed by atoms with Crippen molar-refractivity contribution in [2.24, 2.45) is 0 Å². The van der Waals surface area contributed by atoms with Crippen LogP contribution in [0.1, 0.15) is 61.0 Å². The van der Waals surface area contributed by atoms with Crippen molar-refractivity contribution in [1.29, 1.82) is 0 Å². The van der Waals surface area contributed by atoms with Crippen molar-refractivity contribution in [2.75, 3.05) is 16.5 Å². The first-order valence-electron chi connectivity index (χ1n) is 24.5. The number of fused-ring (bicyclic) bond motifs is 4. The molecule has 0 saturated heterocycles. The number of pyridine rings is 1. The predicted molar refractivity (Wildman–Crippen MR) is 280 cm³/mol. The van der Waals surface area contributed by atoms with Gasteiger partial charge in [0.25, 0.3) is 0 Å². The van der Waals surface area contributed by atoms with Crippen LogP contribution in [0.2, 0.25) is 0 Å². The number of hydrogen-bond acceptors (Lipinski definition) is 4. The van der Waals surface area contributed by atoms with Crippen molar-refractivity contribution in [3.8, 4) is 39.6 Å². The number of ether oxygens (including phenoxy) is 1. The molecular formula is C62H54N4O. The van der Waals surface area contributed by atoms with E-state index in [0.29, 0.717) is 29.5 Å². The summed E-state index contributed by atoms with van der Waals surface area (Å²) in [6.45, 7) is 9.41. The molecule has 0 saturated carbocycles. The standard InChI is InChI=1S/C62H54N4O/c1-42-33-60(63-40-55(42)44-21-17-24-47(34-44)62(5,6)46-22-11-8-12-23-46)66-56-28-14-13-27-53(56)54-32-31-52(39-59(54)66)67-51-26-18-25-49(38-51)64-41-65(58-30-16-15-29-57(58)64)50-36-45(43-19-9-7-10-20-43)35-48(37-50)61(2,3)4/h7-40H,41H2,1-6H3/i1D3. The maximum absolute atomic E-state index is 8.80. The molecule has 0 N–H and O–H groups in total. The smallest absolute Gasteiger partial charge is 0.137 e. The Balaban J connectivity index is 0.939. The van der Waals surface area contributed by atoms with Gasteiger partial charge in [0.2, 0.25) is 0 Å². The number of rotatable bonds is 9. The van der Waals surface area contributed by atoms with Crippen LogP contribution in [-0.2, 0) is 10.8 Å². The Kier molecular flexibility index (Phi) is 9.46. The highest BCUT2D eigenvalue weighted by Crippen LogP contribution is 2.47. The zero-order valence-electron chi connectivity index (χ0n) is 41.5. The van der Waals surface area contributed by atoms with E-state index in [-0.39, 0.29) is 16.4 Å². The monoisotopic (exact) mass is 873 g/mol. The third-order valence-electron chi connectivity index (χ3n) is 13.5. The van der Waals surface area contributed by atoms with Gasteiger partial charge in [0, 0.05) is 55.6 Å². The normalized spacial score (nSPS) is 13.7. The summed E-state index contributed by atoms with van der Waals surface area (Å²) >= 11 is 0. The van der Waals surface area contributed by atoms with Gasteiger partial charge in [-0.2, -0.15) is 0 Å². The van der Waals surface area contributed by atoms with Crippen molar-refractivity contribution in [3.05, 3.63) is 229 Å². The minimum atomic E-state index is -2.41. The highest BCUT2D eigenvalue weighted by molar-refractivity contribution is 6.09. The molecule has 0 spiro atoms. The molecule has 3 heterocycles. The molecule has 1 aliphatic heterocycles. The summed E-state index contributed by atoms with van der Waals surface area (Å²) < 4.78 is 35.2. The lowest BCUT2D eigenvalue weighted by Gasteiger charge is -2.26. The van der Waals surface area contributed by atoms with E-state index in [0.717, 1.165) is 55.7 Å². The summed E-state index contributed by atoms with van der Waals surface area (Å²) in [4.78, 5) is 9.78. The molecule has 0 unspecified atom stereocenters. The fourth-order valence-electron chi connectivity index (χ4n) is 9.66. The summed E-state index contributed by atoms with van der Waals surface area (Å²) in [6, 6.07) is 69.0. The first-order valence-corrected chi connectivity index (χ1v) is 23.0. The lowest BCUT2D eigenvalue weighted by Crippen LogP contribution is -2.24. The summed E-state index contributed by atoms with van der Waals surface area (Å²) in [7, 11) is 0. The molecule has 5 nitrogen and oxygen atoms in total. The van der Waals surface area contributed by atoms with Crippen molar-refractivity contribution in [1.82, 2.24) is 9.55 Å². The number of aryl methyl sites for hydroxylation is 1. The first-order chi connectivity index (χ1) is 33.7. The van der Waals surface area contributed by atoms with Crippen molar-refractivity contribution >= 4 is 44.6 Å². The van der Waals surface area contributed by atoms with Crippen LogP contribution >= 0.6 is 0 Å². The molecule has 1 aliphatic rings. The Hall–Kier alpha value is -7.89. The van der Waals surface area contributed by atoms with Gasteiger partial charge in [-0.15, -0.1) is 0 Å². The van der Waals surface area contributed by atoms with Crippen molar-refractivity contribution < 1.29 is 8.85 Å². The highest BCUT2D eigenvalue weighted by Gasteiger charge is 2.30. The Morgan fingerprint density at radius 3 is 1.91 bits per heavy atom. The fourth-order valence-corrected chi connectivity index (χ4v) is 9.66. The molecule has 2 aromatic heterocycles. The summed E-state index contributed by atoms with van der Waals surface area (Å²) in [6.07, 6.45) is 1.72. The maximum Gasteiger partial charge on any atom is 0.137 e. The molecule has 0 radical (unpaired) electrons. The van der Waals surface area contributed by atoms with Gasteiger partial charge in [-0.25, -0.2) is 4.98 Å². The molecule has 10 aromatic rings. The molecule has 5 heteroatoms. The second kappa shape index (κ2) is 16.5. The van der Waals surface area contributed by atoms with Gasteiger partial charge in [0.1, 0.15) is 24.0 Å². The molecule has 328 valence electrons. The van der Waals surface area contributed by atoms with Gasteiger partial charge < -0.3 is 14.5 Å². The largest absolute Gasteiger partial charge is 0.457 e. The average Bonchev–Trinajstić information content (AvgIpc) is 3.92. The van der Waals surface area contributed by atoms with Gasteiger partial charge in [-0.1, -0.05) is 162 Å². The molecular weight excluding hydrogens is 817 g/mol. The van der Waals surface area contributed by atoms with E-state index in [2.05, 4.69) is 189 Å². The molecule has 0 fully saturated rings. The quantitative estimate of drug-likeness (QED) is 0.145. The van der Waals surface area contributed by atoms with Crippen LogP contribution in [0.3, 0.4) is 0 Å². The Labute approximate surface area is 398 Å². The number of nitrogens with zero attached hydrogens (tertiary/aromatic N) is 4. The third kappa shape index (κ3) is 7.70. The molecule has 11 rings (SSSR count). The minimum Gasteiger partial charge on any atom is -0.457 e. The van der Waals surface area contributed by atoms with Gasteiger partial charge in [-0.05, 0) is 112 Å². The van der Waals surface area contributed by atoms with E-state index in [9.17, 15) is 0 Å². The molecule has 0 atom stereocenters. The van der Waals surface area contributed by atoms with E-state index >= 15 is 0 Å². The lowest BCUT2D eigenvalue weighted by molar-refractivity contribution is 0.483. The van der Waals surface area contributed by atoms with Crippen LogP contribution in [-0.4, -0.2) is 16.2 Å². The van der Waals surface area contributed by atoms with Gasteiger partial charge >= 0.3 is 0 Å². The van der Waals surface area contributed by atoms with E-state index < -0.39 is 6.85 Å². The fraction of sp³-hybridized carbons (Fsp3) is 0.145. The van der Waals surface area contributed by atoms with Crippen LogP contribution < -0.4 is 14.5 Å². The number of hydrogen-bond donors (Lipinski definition) is 0. The van der Waals surface area contributed by atoms with E-state index in [1.165, 1.54) is 22.3 Å². The van der Waals surface area contributed by atoms with Gasteiger partial charge in [0.15, 0.2) is 0 Å². The van der Waals surface area contributed by atoms with Gasteiger partial charge in [-0.3, -0.25) is 4.57 Å². The third-order valence-corrected chi connectivity index (χ3v) is 13.5. The molecule has 0 amide bonds. The zero-order valence-corrected chi connectivity index (χ0v) is 38.5. The Morgan fingerprint density at radius 2 is 1.13 bits per heavy atom. The maximum atomic E-state index is 8.80. The molecule has 0 aliphatic carbocycles. The van der Waals surface area contributed by atoms with E-state index in [4.69, 9.17) is 13.8 Å². The number of anilines is 4. The van der Waals surface area contributed by atoms with E-state index in [1.807, 2.05) is 54.6 Å². The Morgan fingerprint density at radius 1 is 0.493 bits per heavy atom.